The largest absolute Gasteiger partial charge is 0.373 e. The van der Waals surface area contributed by atoms with Gasteiger partial charge in [-0.25, -0.2) is 4.79 Å². The molecular weight excluding hydrogens is 154 g/mol. The fraction of sp³-hybridized carbons (Fsp3) is 0.889. The molecule has 3 heteroatoms. The van der Waals surface area contributed by atoms with Crippen LogP contribution < -0.4 is 0 Å². The second-order valence-corrected chi connectivity index (χ2v) is 4.42. The van der Waals surface area contributed by atoms with Crippen LogP contribution in [0.25, 0.3) is 0 Å². The van der Waals surface area contributed by atoms with E-state index in [-0.39, 0.29) is 5.60 Å². The van der Waals surface area contributed by atoms with Gasteiger partial charge in [0, 0.05) is 0 Å². The molecule has 0 fully saturated rings. The molecule has 0 radical (unpaired) electrons. The Morgan fingerprint density at radius 1 is 1.25 bits per heavy atom. The van der Waals surface area contributed by atoms with E-state index in [1.165, 1.54) is 6.08 Å². The lowest BCUT2D eigenvalue weighted by atomic mass is 10.1. The van der Waals surface area contributed by atoms with Crippen molar-refractivity contribution in [3.63, 3.8) is 0 Å². The summed E-state index contributed by atoms with van der Waals surface area (Å²) in [5.41, 5.74) is -0.648. The number of aliphatic imine (C=N–C) groups is 1. The monoisotopic (exact) mass is 171 g/mol. The quantitative estimate of drug-likeness (QED) is 0.480. The maximum absolute atomic E-state index is 10.00. The molecule has 0 aliphatic heterocycles. The second kappa shape index (κ2) is 3.83. The van der Waals surface area contributed by atoms with Crippen LogP contribution in [-0.2, 0) is 9.53 Å². The number of carbonyl (C=O) groups excluding carboxylic acids is 1. The third kappa shape index (κ3) is 6.08. The van der Waals surface area contributed by atoms with Crippen molar-refractivity contribution in [1.29, 1.82) is 0 Å². The number of hydrogen-bond donors (Lipinski definition) is 0. The lowest BCUT2D eigenvalue weighted by molar-refractivity contribution is -0.0226. The molecule has 0 aliphatic rings. The molecule has 0 unspecified atom stereocenters. The molecule has 0 atom stereocenters. The second-order valence-electron chi connectivity index (χ2n) is 4.42. The summed E-state index contributed by atoms with van der Waals surface area (Å²) in [6.45, 7) is 10.0. The van der Waals surface area contributed by atoms with Crippen LogP contribution in [0.1, 0.15) is 34.6 Å². The van der Waals surface area contributed by atoms with Crippen molar-refractivity contribution in [1.82, 2.24) is 0 Å². The van der Waals surface area contributed by atoms with E-state index < -0.39 is 5.54 Å². The normalized spacial score (nSPS) is 12.4. The first-order valence-electron chi connectivity index (χ1n) is 4.00. The summed E-state index contributed by atoms with van der Waals surface area (Å²) >= 11 is 0. The van der Waals surface area contributed by atoms with Gasteiger partial charge in [0.2, 0.25) is 6.08 Å². The SMILES string of the molecule is CC(C)(COC(C)(C)C)N=C=O. The van der Waals surface area contributed by atoms with Crippen molar-refractivity contribution < 1.29 is 9.53 Å². The highest BCUT2D eigenvalue weighted by Gasteiger charge is 2.20. The minimum absolute atomic E-state index is 0.185. The summed E-state index contributed by atoms with van der Waals surface area (Å²) < 4.78 is 5.47. The third-order valence-corrected chi connectivity index (χ3v) is 1.21. The first-order chi connectivity index (χ1) is 5.27. The summed E-state index contributed by atoms with van der Waals surface area (Å²) in [5.74, 6) is 0. The van der Waals surface area contributed by atoms with Crippen molar-refractivity contribution in [3.8, 4) is 0 Å². The first-order valence-corrected chi connectivity index (χ1v) is 4.00. The van der Waals surface area contributed by atoms with Gasteiger partial charge in [-0.15, -0.1) is 0 Å². The molecule has 0 aromatic carbocycles. The molecule has 0 N–H and O–H groups in total. The Bertz CT molecular complexity index is 185. The van der Waals surface area contributed by atoms with Gasteiger partial charge in [-0.05, 0) is 34.6 Å². The van der Waals surface area contributed by atoms with Crippen LogP contribution >= 0.6 is 0 Å². The molecular formula is C9H17NO2. The lowest BCUT2D eigenvalue weighted by Crippen LogP contribution is -2.31. The summed E-state index contributed by atoms with van der Waals surface area (Å²) in [6.07, 6.45) is 1.54. The minimum Gasteiger partial charge on any atom is -0.373 e. The van der Waals surface area contributed by atoms with Crippen molar-refractivity contribution >= 4 is 6.08 Å². The Hall–Kier alpha value is -0.660. The van der Waals surface area contributed by atoms with E-state index in [1.807, 2.05) is 34.6 Å². The van der Waals surface area contributed by atoms with Gasteiger partial charge in [0.1, 0.15) is 0 Å². The van der Waals surface area contributed by atoms with E-state index in [0.717, 1.165) is 0 Å². The Balaban J connectivity index is 4.00. The smallest absolute Gasteiger partial charge is 0.235 e. The lowest BCUT2D eigenvalue weighted by Gasteiger charge is -2.25. The molecule has 0 amide bonds. The summed E-state index contributed by atoms with van der Waals surface area (Å²) in [7, 11) is 0. The van der Waals surface area contributed by atoms with Crippen LogP contribution in [-0.4, -0.2) is 23.8 Å². The van der Waals surface area contributed by atoms with Gasteiger partial charge >= 0.3 is 0 Å². The summed E-state index contributed by atoms with van der Waals surface area (Å²) in [4.78, 5) is 13.6. The first kappa shape index (κ1) is 11.3. The molecule has 0 aromatic heterocycles. The number of isocyanates is 1. The molecule has 0 heterocycles. The van der Waals surface area contributed by atoms with E-state index in [0.29, 0.717) is 6.61 Å². The number of nitrogens with zero attached hydrogens (tertiary/aromatic N) is 1. The Morgan fingerprint density at radius 2 is 1.75 bits per heavy atom. The van der Waals surface area contributed by atoms with E-state index >= 15 is 0 Å². The van der Waals surface area contributed by atoms with Crippen molar-refractivity contribution in [2.24, 2.45) is 4.99 Å². The summed E-state index contributed by atoms with van der Waals surface area (Å²) in [6, 6.07) is 0. The molecule has 0 aromatic rings. The van der Waals surface area contributed by atoms with Crippen LogP contribution in [0.15, 0.2) is 4.99 Å². The maximum Gasteiger partial charge on any atom is 0.235 e. The molecule has 70 valence electrons. The number of ether oxygens (including phenoxy) is 1. The number of hydrogen-bond acceptors (Lipinski definition) is 3. The van der Waals surface area contributed by atoms with Crippen molar-refractivity contribution in [2.75, 3.05) is 6.61 Å². The van der Waals surface area contributed by atoms with Crippen molar-refractivity contribution in [2.45, 2.75) is 45.8 Å². The van der Waals surface area contributed by atoms with E-state index in [9.17, 15) is 4.79 Å². The fourth-order valence-electron chi connectivity index (χ4n) is 0.549. The Morgan fingerprint density at radius 3 is 2.08 bits per heavy atom. The van der Waals surface area contributed by atoms with Crippen LogP contribution in [0.5, 0.6) is 0 Å². The van der Waals surface area contributed by atoms with Crippen molar-refractivity contribution in [3.05, 3.63) is 0 Å². The number of rotatable bonds is 3. The summed E-state index contributed by atoms with van der Waals surface area (Å²) in [5, 5.41) is 0. The van der Waals surface area contributed by atoms with Crippen LogP contribution in [0, 0.1) is 0 Å². The molecule has 0 saturated heterocycles. The molecule has 0 saturated carbocycles. The Kier molecular flexibility index (Phi) is 3.62. The van der Waals surface area contributed by atoms with Crippen LogP contribution in [0.4, 0.5) is 0 Å². The fourth-order valence-corrected chi connectivity index (χ4v) is 0.549. The average Bonchev–Trinajstić information content (AvgIpc) is 1.83. The van der Waals surface area contributed by atoms with Gasteiger partial charge in [0.05, 0.1) is 17.7 Å². The van der Waals surface area contributed by atoms with Crippen LogP contribution in [0.3, 0.4) is 0 Å². The molecule has 0 spiro atoms. The van der Waals surface area contributed by atoms with Gasteiger partial charge in [-0.3, -0.25) is 0 Å². The third-order valence-electron chi connectivity index (χ3n) is 1.21. The van der Waals surface area contributed by atoms with E-state index in [4.69, 9.17) is 4.74 Å². The molecule has 0 bridgehead atoms. The van der Waals surface area contributed by atoms with Gasteiger partial charge in [0.25, 0.3) is 0 Å². The Labute approximate surface area is 73.8 Å². The predicted molar refractivity (Wildman–Crippen MR) is 47.9 cm³/mol. The predicted octanol–water partition coefficient (Wildman–Crippen LogP) is 1.92. The zero-order valence-corrected chi connectivity index (χ0v) is 8.47. The average molecular weight is 171 g/mol. The zero-order valence-electron chi connectivity index (χ0n) is 8.47. The molecule has 3 nitrogen and oxygen atoms in total. The molecule has 12 heavy (non-hydrogen) atoms. The van der Waals surface area contributed by atoms with Gasteiger partial charge in [0.15, 0.2) is 0 Å². The topological polar surface area (TPSA) is 38.7 Å². The molecule has 0 rings (SSSR count). The maximum atomic E-state index is 10.00. The van der Waals surface area contributed by atoms with E-state index in [1.54, 1.807) is 0 Å². The van der Waals surface area contributed by atoms with Gasteiger partial charge < -0.3 is 4.74 Å². The van der Waals surface area contributed by atoms with Crippen LogP contribution in [0.2, 0.25) is 0 Å². The zero-order chi connectivity index (χ0) is 9.83. The highest BCUT2D eigenvalue weighted by molar-refractivity contribution is 5.34. The highest BCUT2D eigenvalue weighted by atomic mass is 16.5. The minimum atomic E-state index is -0.463. The van der Waals surface area contributed by atoms with Gasteiger partial charge in [-0.2, -0.15) is 4.99 Å². The highest BCUT2D eigenvalue weighted by Crippen LogP contribution is 2.14. The molecule has 0 aliphatic carbocycles. The van der Waals surface area contributed by atoms with Gasteiger partial charge in [-0.1, -0.05) is 0 Å². The van der Waals surface area contributed by atoms with E-state index in [2.05, 4.69) is 4.99 Å². The standard InChI is InChI=1S/C9H17NO2/c1-8(2,3)12-6-9(4,5)10-7-11/h6H2,1-5H3.